The molecule has 0 fully saturated rings. The Balaban J connectivity index is 1.48. The maximum absolute atomic E-state index is 12.2. The Morgan fingerprint density at radius 2 is 1.55 bits per heavy atom. The Hall–Kier alpha value is -3.72. The number of hydrogen-bond donors (Lipinski definition) is 3. The second-order valence-corrected chi connectivity index (χ2v) is 7.98. The van der Waals surface area contributed by atoms with Gasteiger partial charge in [0.05, 0.1) is 25.6 Å². The molecule has 0 radical (unpaired) electrons. The normalized spacial score (nSPS) is 12.9. The van der Waals surface area contributed by atoms with Crippen LogP contribution in [0, 0.1) is 0 Å². The maximum Gasteiger partial charge on any atom is 0.407 e. The lowest BCUT2D eigenvalue weighted by atomic mass is 9.98. The summed E-state index contributed by atoms with van der Waals surface area (Å²) in [6.07, 6.45) is -1.18. The van der Waals surface area contributed by atoms with Gasteiger partial charge in [0.1, 0.15) is 6.61 Å². The molecule has 3 rings (SSSR count). The summed E-state index contributed by atoms with van der Waals surface area (Å²) in [7, 11) is 3.00. The first-order valence-corrected chi connectivity index (χ1v) is 10.5. The molecule has 174 valence electrons. The molecule has 3 N–H and O–H groups in total. The number of carbonyl (C=O) groups is 4. The van der Waals surface area contributed by atoms with Crippen LogP contribution in [0.3, 0.4) is 0 Å². The molecule has 0 heterocycles. The minimum atomic E-state index is -1.16. The van der Waals surface area contributed by atoms with E-state index in [0.29, 0.717) is 0 Å². The van der Waals surface area contributed by atoms with Crippen molar-refractivity contribution in [1.82, 2.24) is 15.5 Å². The third-order valence-corrected chi connectivity index (χ3v) is 5.44. The number of aliphatic carboxylic acids is 1. The molecule has 0 bridgehead atoms. The number of carboxylic acid groups (broad SMARTS) is 1. The van der Waals surface area contributed by atoms with Crippen molar-refractivity contribution in [3.8, 4) is 11.1 Å². The van der Waals surface area contributed by atoms with E-state index >= 15 is 0 Å². The predicted octanol–water partition coefficient (Wildman–Crippen LogP) is 1.62. The van der Waals surface area contributed by atoms with Crippen molar-refractivity contribution >= 4 is 23.8 Å². The van der Waals surface area contributed by atoms with Crippen molar-refractivity contribution in [3.63, 3.8) is 0 Å². The Morgan fingerprint density at radius 3 is 2.09 bits per heavy atom. The number of nitrogens with one attached hydrogen (secondary N) is 2. The third-order valence-electron chi connectivity index (χ3n) is 5.44. The van der Waals surface area contributed by atoms with Gasteiger partial charge in [-0.2, -0.15) is 0 Å². The Labute approximate surface area is 191 Å². The second-order valence-electron chi connectivity index (χ2n) is 7.98. The standard InChI is InChI=1S/C24H27N3O6/c1-27(2)23(31)21(11-22(29)30)25-12-15(28)13-26-24(32)33-14-20-18-9-5-3-7-16(18)17-8-4-6-10-19(17)20/h3-10,20-21,25H,11-14H2,1-2H3,(H,26,32)(H,29,30)/t21-/m0/s1. The molecule has 9 heteroatoms. The zero-order chi connectivity index (χ0) is 24.0. The largest absolute Gasteiger partial charge is 0.481 e. The third kappa shape index (κ3) is 5.95. The van der Waals surface area contributed by atoms with Crippen LogP contribution in [0.15, 0.2) is 48.5 Å². The molecule has 2 aromatic carbocycles. The molecule has 0 aromatic heterocycles. The van der Waals surface area contributed by atoms with Crippen LogP contribution in [0.25, 0.3) is 11.1 Å². The molecular formula is C24H27N3O6. The molecule has 0 aliphatic heterocycles. The summed E-state index contributed by atoms with van der Waals surface area (Å²) < 4.78 is 5.38. The lowest BCUT2D eigenvalue weighted by Crippen LogP contribution is -2.47. The highest BCUT2D eigenvalue weighted by atomic mass is 16.5. The fourth-order valence-corrected chi connectivity index (χ4v) is 3.85. The van der Waals surface area contributed by atoms with Crippen LogP contribution in [0.5, 0.6) is 0 Å². The summed E-state index contributed by atoms with van der Waals surface area (Å²) in [5.41, 5.74) is 4.40. The molecule has 9 nitrogen and oxygen atoms in total. The van der Waals surface area contributed by atoms with E-state index in [1.54, 1.807) is 0 Å². The van der Waals surface area contributed by atoms with E-state index < -0.39 is 36.2 Å². The minimum Gasteiger partial charge on any atom is -0.481 e. The smallest absolute Gasteiger partial charge is 0.407 e. The van der Waals surface area contributed by atoms with Crippen LogP contribution >= 0.6 is 0 Å². The Kier molecular flexibility index (Phi) is 7.78. The quantitative estimate of drug-likeness (QED) is 0.499. The lowest BCUT2D eigenvalue weighted by Gasteiger charge is -2.20. The highest BCUT2D eigenvalue weighted by molar-refractivity contribution is 5.88. The molecular weight excluding hydrogens is 426 g/mol. The van der Waals surface area contributed by atoms with E-state index in [1.165, 1.54) is 19.0 Å². The first-order chi connectivity index (χ1) is 15.8. The average molecular weight is 453 g/mol. The SMILES string of the molecule is CN(C)C(=O)[C@H](CC(=O)O)NCC(=O)CNC(=O)OCC1c2ccccc2-c2ccccc21. The number of hydrogen-bond acceptors (Lipinski definition) is 6. The fraction of sp³-hybridized carbons (Fsp3) is 0.333. The molecule has 33 heavy (non-hydrogen) atoms. The predicted molar refractivity (Wildman–Crippen MR) is 121 cm³/mol. The summed E-state index contributed by atoms with van der Waals surface area (Å²) in [5, 5.41) is 14.0. The number of carboxylic acids is 1. The minimum absolute atomic E-state index is 0.0886. The number of nitrogens with zero attached hydrogens (tertiary/aromatic N) is 1. The molecule has 1 aliphatic rings. The molecule has 1 aliphatic carbocycles. The van der Waals surface area contributed by atoms with Crippen molar-refractivity contribution in [2.75, 3.05) is 33.8 Å². The molecule has 0 spiro atoms. The Bertz CT molecular complexity index is 1010. The number of amides is 2. The van der Waals surface area contributed by atoms with Gasteiger partial charge in [-0.05, 0) is 22.3 Å². The summed E-state index contributed by atoms with van der Waals surface area (Å²) in [5.74, 6) is -2.11. The average Bonchev–Trinajstić information content (AvgIpc) is 3.12. The van der Waals surface area contributed by atoms with Crippen molar-refractivity contribution in [2.24, 2.45) is 0 Å². The first-order valence-electron chi connectivity index (χ1n) is 10.5. The van der Waals surface area contributed by atoms with Crippen LogP contribution in [0.4, 0.5) is 4.79 Å². The first kappa shape index (κ1) is 23.9. The number of alkyl carbamates (subject to hydrolysis) is 1. The van der Waals surface area contributed by atoms with Gasteiger partial charge in [-0.25, -0.2) is 4.79 Å². The van der Waals surface area contributed by atoms with Crippen LogP contribution in [0.1, 0.15) is 23.5 Å². The number of ether oxygens (including phenoxy) is 1. The van der Waals surface area contributed by atoms with Crippen LogP contribution in [-0.2, 0) is 19.1 Å². The summed E-state index contributed by atoms with van der Waals surface area (Å²) in [6.45, 7) is -0.439. The molecule has 1 atom stereocenters. The van der Waals surface area contributed by atoms with Gasteiger partial charge in [0, 0.05) is 20.0 Å². The van der Waals surface area contributed by atoms with Crippen molar-refractivity contribution in [2.45, 2.75) is 18.4 Å². The van der Waals surface area contributed by atoms with E-state index in [0.717, 1.165) is 22.3 Å². The van der Waals surface area contributed by atoms with Gasteiger partial charge in [0.25, 0.3) is 0 Å². The second kappa shape index (κ2) is 10.7. The molecule has 0 unspecified atom stereocenters. The van der Waals surface area contributed by atoms with E-state index in [1.807, 2.05) is 48.5 Å². The van der Waals surface area contributed by atoms with Gasteiger partial charge < -0.3 is 20.1 Å². The van der Waals surface area contributed by atoms with Crippen LogP contribution in [0.2, 0.25) is 0 Å². The highest BCUT2D eigenvalue weighted by Gasteiger charge is 2.29. The summed E-state index contributed by atoms with van der Waals surface area (Å²) in [6, 6.07) is 14.9. The van der Waals surface area contributed by atoms with Gasteiger partial charge in [-0.3, -0.25) is 19.7 Å². The van der Waals surface area contributed by atoms with E-state index in [9.17, 15) is 19.2 Å². The van der Waals surface area contributed by atoms with E-state index in [-0.39, 0.29) is 25.6 Å². The number of rotatable bonds is 10. The highest BCUT2D eigenvalue weighted by Crippen LogP contribution is 2.44. The number of likely N-dealkylation sites (N-methyl/N-ethyl adjacent to an activating group) is 1. The summed E-state index contributed by atoms with van der Waals surface area (Å²) in [4.78, 5) is 48.5. The Morgan fingerprint density at radius 1 is 0.970 bits per heavy atom. The fourth-order valence-electron chi connectivity index (χ4n) is 3.85. The van der Waals surface area contributed by atoms with Gasteiger partial charge in [-0.1, -0.05) is 48.5 Å². The zero-order valence-corrected chi connectivity index (χ0v) is 18.5. The molecule has 0 saturated carbocycles. The molecule has 0 saturated heterocycles. The number of carbonyl (C=O) groups excluding carboxylic acids is 3. The zero-order valence-electron chi connectivity index (χ0n) is 18.5. The monoisotopic (exact) mass is 453 g/mol. The number of fused-ring (bicyclic) bond motifs is 3. The van der Waals surface area contributed by atoms with Gasteiger partial charge in [-0.15, -0.1) is 0 Å². The van der Waals surface area contributed by atoms with E-state index in [4.69, 9.17) is 9.84 Å². The number of ketones is 1. The number of benzene rings is 2. The van der Waals surface area contributed by atoms with Gasteiger partial charge >= 0.3 is 12.1 Å². The van der Waals surface area contributed by atoms with Gasteiger partial charge in [0.15, 0.2) is 5.78 Å². The van der Waals surface area contributed by atoms with Crippen LogP contribution < -0.4 is 10.6 Å². The topological polar surface area (TPSA) is 125 Å². The molecule has 2 amide bonds. The van der Waals surface area contributed by atoms with Crippen molar-refractivity contribution < 1.29 is 29.0 Å². The molecule has 2 aromatic rings. The van der Waals surface area contributed by atoms with Crippen molar-refractivity contribution in [3.05, 3.63) is 59.7 Å². The lowest BCUT2D eigenvalue weighted by molar-refractivity contribution is -0.142. The van der Waals surface area contributed by atoms with E-state index in [2.05, 4.69) is 10.6 Å². The van der Waals surface area contributed by atoms with Crippen LogP contribution in [-0.4, -0.2) is 73.6 Å². The number of Topliss-reactive ketones (excluding diaryl/α,β-unsaturated/α-hetero) is 1. The summed E-state index contributed by atoms with van der Waals surface area (Å²) >= 11 is 0. The van der Waals surface area contributed by atoms with Crippen molar-refractivity contribution in [1.29, 1.82) is 0 Å². The van der Waals surface area contributed by atoms with Gasteiger partial charge in [0.2, 0.25) is 5.91 Å². The maximum atomic E-state index is 12.2.